The summed E-state index contributed by atoms with van der Waals surface area (Å²) in [6, 6.07) is 15.3. The number of hydrogen-bond donors (Lipinski definition) is 1. The molecule has 2 heterocycles. The molecular formula is C25H30ClN3O2. The van der Waals surface area contributed by atoms with Crippen molar-refractivity contribution in [1.29, 1.82) is 0 Å². The summed E-state index contributed by atoms with van der Waals surface area (Å²) in [6.07, 6.45) is 5.11. The summed E-state index contributed by atoms with van der Waals surface area (Å²) in [6.45, 7) is 4.06. The second-order valence-corrected chi connectivity index (χ2v) is 9.03. The Kier molecular flexibility index (Phi) is 7.25. The molecule has 0 saturated carbocycles. The zero-order valence-electron chi connectivity index (χ0n) is 17.9. The van der Waals surface area contributed by atoms with Crippen molar-refractivity contribution in [2.75, 3.05) is 31.5 Å². The van der Waals surface area contributed by atoms with Crippen LogP contribution in [0.4, 0.5) is 5.69 Å². The number of hydrogen-bond acceptors (Lipinski definition) is 3. The van der Waals surface area contributed by atoms with Crippen LogP contribution in [0.3, 0.4) is 0 Å². The first-order chi connectivity index (χ1) is 15.1. The molecule has 0 aromatic heterocycles. The van der Waals surface area contributed by atoms with Gasteiger partial charge in [-0.2, -0.15) is 0 Å². The van der Waals surface area contributed by atoms with Crippen LogP contribution >= 0.6 is 11.6 Å². The fourth-order valence-corrected chi connectivity index (χ4v) is 4.80. The third-order valence-electron chi connectivity index (χ3n) is 6.23. The van der Waals surface area contributed by atoms with Gasteiger partial charge >= 0.3 is 0 Å². The van der Waals surface area contributed by atoms with Gasteiger partial charge in [0.15, 0.2) is 0 Å². The Bertz CT molecular complexity index is 926. The minimum atomic E-state index is -0.0916. The zero-order valence-corrected chi connectivity index (χ0v) is 18.6. The molecule has 2 fully saturated rings. The Labute approximate surface area is 189 Å². The van der Waals surface area contributed by atoms with E-state index in [0.29, 0.717) is 17.8 Å². The monoisotopic (exact) mass is 439 g/mol. The number of rotatable bonds is 5. The van der Waals surface area contributed by atoms with Crippen molar-refractivity contribution in [3.05, 3.63) is 64.7 Å². The SMILES string of the molecule is O=C(Nc1ccccc1C(=O)N1CCCCC1)C1CCCN(Cc2cccc(Cl)c2)C1. The van der Waals surface area contributed by atoms with Crippen LogP contribution in [0.25, 0.3) is 0 Å². The molecule has 31 heavy (non-hydrogen) atoms. The number of nitrogens with zero attached hydrogens (tertiary/aromatic N) is 2. The van der Waals surface area contributed by atoms with Crippen molar-refractivity contribution in [2.24, 2.45) is 5.92 Å². The number of amides is 2. The van der Waals surface area contributed by atoms with Crippen molar-refractivity contribution in [2.45, 2.75) is 38.6 Å². The summed E-state index contributed by atoms with van der Waals surface area (Å²) in [5.41, 5.74) is 2.37. The smallest absolute Gasteiger partial charge is 0.255 e. The van der Waals surface area contributed by atoms with E-state index < -0.39 is 0 Å². The first kappa shape index (κ1) is 21.8. The first-order valence-corrected chi connectivity index (χ1v) is 11.6. The molecule has 1 atom stereocenters. The molecule has 2 aliphatic rings. The molecule has 6 heteroatoms. The van der Waals surface area contributed by atoms with E-state index in [9.17, 15) is 9.59 Å². The number of anilines is 1. The van der Waals surface area contributed by atoms with Crippen LogP contribution in [0.15, 0.2) is 48.5 Å². The molecule has 0 bridgehead atoms. The predicted molar refractivity (Wildman–Crippen MR) is 124 cm³/mol. The summed E-state index contributed by atoms with van der Waals surface area (Å²) < 4.78 is 0. The zero-order chi connectivity index (χ0) is 21.6. The lowest BCUT2D eigenvalue weighted by molar-refractivity contribution is -0.121. The van der Waals surface area contributed by atoms with Gasteiger partial charge in [-0.15, -0.1) is 0 Å². The molecular weight excluding hydrogens is 410 g/mol. The minimum Gasteiger partial charge on any atom is -0.339 e. The van der Waals surface area contributed by atoms with Crippen molar-refractivity contribution < 1.29 is 9.59 Å². The second kappa shape index (κ2) is 10.3. The highest BCUT2D eigenvalue weighted by molar-refractivity contribution is 6.30. The van der Waals surface area contributed by atoms with Gasteiger partial charge in [0.2, 0.25) is 5.91 Å². The van der Waals surface area contributed by atoms with Crippen LogP contribution in [0.2, 0.25) is 5.02 Å². The Balaban J connectivity index is 1.40. The van der Waals surface area contributed by atoms with Crippen LogP contribution in [0.1, 0.15) is 48.0 Å². The lowest BCUT2D eigenvalue weighted by Crippen LogP contribution is -2.40. The van der Waals surface area contributed by atoms with Gasteiger partial charge in [-0.25, -0.2) is 0 Å². The predicted octanol–water partition coefficient (Wildman–Crippen LogP) is 4.82. The fourth-order valence-electron chi connectivity index (χ4n) is 4.59. The standard InChI is InChI=1S/C25H30ClN3O2/c26-21-10-6-8-19(16-21)17-28-13-7-9-20(18-28)24(30)27-23-12-3-2-11-22(23)25(31)29-14-4-1-5-15-29/h2-3,6,8,10-12,16,20H,1,4-5,7,9,13-15,17-18H2,(H,27,30). The largest absolute Gasteiger partial charge is 0.339 e. The Morgan fingerprint density at radius 3 is 2.58 bits per heavy atom. The number of para-hydroxylation sites is 1. The van der Waals surface area contributed by atoms with Crippen LogP contribution in [0, 0.1) is 5.92 Å². The molecule has 0 spiro atoms. The molecule has 2 aromatic carbocycles. The van der Waals surface area contributed by atoms with Crippen LogP contribution in [-0.4, -0.2) is 47.8 Å². The fraction of sp³-hybridized carbons (Fsp3) is 0.440. The molecule has 0 radical (unpaired) electrons. The topological polar surface area (TPSA) is 52.7 Å². The molecule has 164 valence electrons. The average molecular weight is 440 g/mol. The highest BCUT2D eigenvalue weighted by Crippen LogP contribution is 2.24. The van der Waals surface area contributed by atoms with Crippen LogP contribution in [-0.2, 0) is 11.3 Å². The van der Waals surface area contributed by atoms with E-state index >= 15 is 0 Å². The molecule has 2 amide bonds. The third kappa shape index (κ3) is 5.66. The van der Waals surface area contributed by atoms with Crippen molar-refractivity contribution in [1.82, 2.24) is 9.80 Å². The Hall–Kier alpha value is -2.37. The van der Waals surface area contributed by atoms with E-state index in [-0.39, 0.29) is 17.7 Å². The number of halogens is 1. The molecule has 2 aromatic rings. The van der Waals surface area contributed by atoms with Gasteiger partial charge < -0.3 is 10.2 Å². The summed E-state index contributed by atoms with van der Waals surface area (Å²) in [5.74, 6) is -0.0809. The normalized spacial score (nSPS) is 19.8. The van der Waals surface area contributed by atoms with Gasteiger partial charge in [0.25, 0.3) is 5.91 Å². The summed E-state index contributed by atoms with van der Waals surface area (Å²) in [5, 5.41) is 3.79. The quantitative estimate of drug-likeness (QED) is 0.726. The van der Waals surface area contributed by atoms with Gasteiger partial charge in [-0.3, -0.25) is 14.5 Å². The second-order valence-electron chi connectivity index (χ2n) is 8.59. The van der Waals surface area contributed by atoms with Gasteiger partial charge in [0.05, 0.1) is 17.2 Å². The third-order valence-corrected chi connectivity index (χ3v) is 6.47. The first-order valence-electron chi connectivity index (χ1n) is 11.3. The van der Waals surface area contributed by atoms with E-state index in [1.54, 1.807) is 0 Å². The minimum absolute atomic E-state index is 0.00492. The highest BCUT2D eigenvalue weighted by Gasteiger charge is 2.27. The van der Waals surface area contributed by atoms with Crippen molar-refractivity contribution in [3.8, 4) is 0 Å². The maximum absolute atomic E-state index is 13.1. The van der Waals surface area contributed by atoms with Gasteiger partial charge in [0, 0.05) is 31.2 Å². The number of nitrogens with one attached hydrogen (secondary N) is 1. The lowest BCUT2D eigenvalue weighted by Gasteiger charge is -2.32. The van der Waals surface area contributed by atoms with E-state index in [2.05, 4.69) is 16.3 Å². The van der Waals surface area contributed by atoms with Gasteiger partial charge in [-0.05, 0) is 68.5 Å². The molecule has 4 rings (SSSR count). The maximum Gasteiger partial charge on any atom is 0.255 e. The number of likely N-dealkylation sites (tertiary alicyclic amines) is 2. The lowest BCUT2D eigenvalue weighted by atomic mass is 9.96. The number of piperidine rings is 2. The van der Waals surface area contributed by atoms with E-state index in [4.69, 9.17) is 11.6 Å². The molecule has 2 aliphatic heterocycles. The van der Waals surface area contributed by atoms with Crippen LogP contribution in [0.5, 0.6) is 0 Å². The average Bonchev–Trinajstić information content (AvgIpc) is 2.80. The molecule has 2 saturated heterocycles. The highest BCUT2D eigenvalue weighted by atomic mass is 35.5. The molecule has 1 unspecified atom stereocenters. The van der Waals surface area contributed by atoms with Crippen LogP contribution < -0.4 is 5.32 Å². The molecule has 1 N–H and O–H groups in total. The number of carbonyl (C=O) groups excluding carboxylic acids is 2. The summed E-state index contributed by atoms with van der Waals surface area (Å²) >= 11 is 6.11. The maximum atomic E-state index is 13.1. The summed E-state index contributed by atoms with van der Waals surface area (Å²) in [4.78, 5) is 30.3. The Morgan fingerprint density at radius 2 is 1.77 bits per heavy atom. The number of carbonyl (C=O) groups is 2. The summed E-state index contributed by atoms with van der Waals surface area (Å²) in [7, 11) is 0. The van der Waals surface area contributed by atoms with E-state index in [0.717, 1.165) is 62.4 Å². The molecule has 5 nitrogen and oxygen atoms in total. The van der Waals surface area contributed by atoms with Gasteiger partial charge in [-0.1, -0.05) is 35.9 Å². The van der Waals surface area contributed by atoms with Gasteiger partial charge in [0.1, 0.15) is 0 Å². The van der Waals surface area contributed by atoms with Crippen molar-refractivity contribution >= 4 is 29.1 Å². The Morgan fingerprint density at radius 1 is 0.968 bits per heavy atom. The number of benzene rings is 2. The van der Waals surface area contributed by atoms with E-state index in [1.807, 2.05) is 47.4 Å². The molecule has 0 aliphatic carbocycles. The van der Waals surface area contributed by atoms with E-state index in [1.165, 1.54) is 6.42 Å². The van der Waals surface area contributed by atoms with Crippen molar-refractivity contribution in [3.63, 3.8) is 0 Å².